The Morgan fingerprint density at radius 1 is 1.18 bits per heavy atom. The van der Waals surface area contributed by atoms with Crippen LogP contribution in [0.15, 0.2) is 59.5 Å². The monoisotopic (exact) mass is 541 g/mol. The number of benzene rings is 2. The first kappa shape index (κ1) is 27.9. The van der Waals surface area contributed by atoms with E-state index in [1.165, 1.54) is 23.9 Å². The fraction of sp³-hybridized carbons (Fsp3) is 0.321. The molecule has 2 heterocycles. The number of halogens is 2. The van der Waals surface area contributed by atoms with E-state index >= 15 is 0 Å². The van der Waals surface area contributed by atoms with Crippen LogP contribution in [0.1, 0.15) is 45.3 Å². The van der Waals surface area contributed by atoms with Crippen LogP contribution in [-0.4, -0.2) is 42.4 Å². The molecule has 1 saturated heterocycles. The topological polar surface area (TPSA) is 108 Å². The molecule has 39 heavy (non-hydrogen) atoms. The Hall–Kier alpha value is -4.09. The van der Waals surface area contributed by atoms with Gasteiger partial charge >= 0.3 is 5.97 Å². The van der Waals surface area contributed by atoms with Crippen molar-refractivity contribution in [2.45, 2.75) is 45.3 Å². The van der Waals surface area contributed by atoms with Crippen molar-refractivity contribution >= 4 is 11.9 Å². The van der Waals surface area contributed by atoms with Gasteiger partial charge in [0.1, 0.15) is 30.0 Å². The van der Waals surface area contributed by atoms with Crippen LogP contribution in [0.2, 0.25) is 0 Å². The number of hydrogen-bond donors (Lipinski definition) is 2. The Kier molecular flexibility index (Phi) is 9.05. The number of carbonyl (C=O) groups excluding carboxylic acids is 2. The zero-order valence-electron chi connectivity index (χ0n) is 21.5. The van der Waals surface area contributed by atoms with E-state index in [2.05, 4.69) is 10.6 Å². The van der Waals surface area contributed by atoms with Crippen LogP contribution in [0.5, 0.6) is 5.75 Å². The molecule has 1 aliphatic heterocycles. The predicted octanol–water partition coefficient (Wildman–Crippen LogP) is 3.15. The smallest absolute Gasteiger partial charge is 0.358 e. The molecule has 3 aromatic rings. The molecule has 2 atom stereocenters. The van der Waals surface area contributed by atoms with Gasteiger partial charge in [0.15, 0.2) is 11.4 Å². The minimum absolute atomic E-state index is 0.0330. The number of ether oxygens (including phenoxy) is 3. The van der Waals surface area contributed by atoms with Gasteiger partial charge < -0.3 is 24.1 Å². The van der Waals surface area contributed by atoms with E-state index in [0.29, 0.717) is 12.7 Å². The molecule has 2 N–H and O–H groups in total. The fourth-order valence-corrected chi connectivity index (χ4v) is 4.17. The summed E-state index contributed by atoms with van der Waals surface area (Å²) in [4.78, 5) is 39.6. The summed E-state index contributed by atoms with van der Waals surface area (Å²) in [5.41, 5.74) is -0.594. The first-order valence-corrected chi connectivity index (χ1v) is 12.4. The highest BCUT2D eigenvalue weighted by molar-refractivity contribution is 5.96. The van der Waals surface area contributed by atoms with Crippen LogP contribution in [0, 0.1) is 11.6 Å². The molecule has 0 bridgehead atoms. The third kappa shape index (κ3) is 6.87. The Balaban J connectivity index is 1.72. The van der Waals surface area contributed by atoms with Crippen molar-refractivity contribution in [2.75, 3.05) is 13.7 Å². The molecule has 0 spiro atoms. The summed E-state index contributed by atoms with van der Waals surface area (Å²) < 4.78 is 45.3. The standard InChI is InChI=1S/C28H29F2N3O6/c1-17-10-11-38-23(32-17)15-33-14-21(27(35)31-13-19-8-9-20(29)12-22(19)30)25(34)26(24(33)28(36)37-2)39-16-18-6-4-3-5-7-18/h3-9,12,14,17,23,32H,10-11,13,15-16H2,1-2H3,(H,31,35)/t17-,23-/m0/s1. The van der Waals surface area contributed by atoms with Gasteiger partial charge in [-0.3, -0.25) is 14.9 Å². The molecule has 1 amide bonds. The van der Waals surface area contributed by atoms with E-state index in [0.717, 1.165) is 18.1 Å². The van der Waals surface area contributed by atoms with E-state index in [4.69, 9.17) is 14.2 Å². The predicted molar refractivity (Wildman–Crippen MR) is 137 cm³/mol. The molecule has 0 aliphatic carbocycles. The molecule has 1 aliphatic rings. The molecular weight excluding hydrogens is 512 g/mol. The van der Waals surface area contributed by atoms with Crippen molar-refractivity contribution in [2.24, 2.45) is 0 Å². The van der Waals surface area contributed by atoms with E-state index in [-0.39, 0.29) is 48.3 Å². The van der Waals surface area contributed by atoms with E-state index in [1.54, 1.807) is 24.3 Å². The van der Waals surface area contributed by atoms with Crippen molar-refractivity contribution < 1.29 is 32.6 Å². The fourth-order valence-electron chi connectivity index (χ4n) is 4.17. The average Bonchev–Trinajstić information content (AvgIpc) is 2.92. The van der Waals surface area contributed by atoms with Crippen LogP contribution in [0.25, 0.3) is 0 Å². The highest BCUT2D eigenvalue weighted by Gasteiger charge is 2.29. The number of carbonyl (C=O) groups is 2. The second-order valence-corrected chi connectivity index (χ2v) is 9.10. The van der Waals surface area contributed by atoms with Crippen molar-refractivity contribution in [3.8, 4) is 5.75 Å². The third-order valence-electron chi connectivity index (χ3n) is 6.24. The zero-order chi connectivity index (χ0) is 27.9. The van der Waals surface area contributed by atoms with Gasteiger partial charge in [-0.25, -0.2) is 13.6 Å². The minimum atomic E-state index is -0.842. The Labute approximate surface area is 223 Å². The van der Waals surface area contributed by atoms with Crippen LogP contribution < -0.4 is 20.8 Å². The third-order valence-corrected chi connectivity index (χ3v) is 6.24. The second kappa shape index (κ2) is 12.6. The molecule has 2 aromatic carbocycles. The highest BCUT2D eigenvalue weighted by atomic mass is 19.1. The summed E-state index contributed by atoms with van der Waals surface area (Å²) >= 11 is 0. The summed E-state index contributed by atoms with van der Waals surface area (Å²) in [5, 5.41) is 5.74. The maximum absolute atomic E-state index is 14.1. The van der Waals surface area contributed by atoms with Gasteiger partial charge in [-0.1, -0.05) is 36.4 Å². The summed E-state index contributed by atoms with van der Waals surface area (Å²) in [6.07, 6.45) is 1.50. The SMILES string of the molecule is COC(=O)c1c(OCc2ccccc2)c(=O)c(C(=O)NCc2ccc(F)cc2F)cn1C[C@H]1N[C@@H](C)CCO1. The molecule has 1 fully saturated rings. The summed E-state index contributed by atoms with van der Waals surface area (Å²) in [6.45, 7) is 2.18. The summed E-state index contributed by atoms with van der Waals surface area (Å²) in [7, 11) is 1.17. The van der Waals surface area contributed by atoms with Crippen LogP contribution in [-0.2, 0) is 29.2 Å². The minimum Gasteiger partial charge on any atom is -0.482 e. The van der Waals surface area contributed by atoms with Gasteiger partial charge in [-0.15, -0.1) is 0 Å². The summed E-state index contributed by atoms with van der Waals surface area (Å²) in [6, 6.07) is 12.1. The van der Waals surface area contributed by atoms with Gasteiger partial charge in [0.05, 0.1) is 20.3 Å². The Morgan fingerprint density at radius 3 is 2.64 bits per heavy atom. The number of hydrogen-bond acceptors (Lipinski definition) is 7. The zero-order valence-corrected chi connectivity index (χ0v) is 21.5. The van der Waals surface area contributed by atoms with Gasteiger partial charge in [-0.05, 0) is 25.0 Å². The summed E-state index contributed by atoms with van der Waals surface area (Å²) in [5.74, 6) is -3.62. The lowest BCUT2D eigenvalue weighted by Crippen LogP contribution is -2.47. The molecule has 4 rings (SSSR count). The van der Waals surface area contributed by atoms with Crippen molar-refractivity contribution in [1.29, 1.82) is 0 Å². The molecule has 206 valence electrons. The largest absolute Gasteiger partial charge is 0.482 e. The van der Waals surface area contributed by atoms with E-state index in [1.807, 2.05) is 13.0 Å². The normalized spacial score (nSPS) is 16.9. The quantitative estimate of drug-likeness (QED) is 0.401. The number of amides is 1. The van der Waals surface area contributed by atoms with Crippen LogP contribution >= 0.6 is 0 Å². The molecule has 9 nitrogen and oxygen atoms in total. The van der Waals surface area contributed by atoms with Crippen molar-refractivity contribution in [3.63, 3.8) is 0 Å². The first-order valence-electron chi connectivity index (χ1n) is 12.4. The molecule has 0 saturated carbocycles. The molecule has 1 aromatic heterocycles. The Bertz CT molecular complexity index is 1400. The number of esters is 1. The number of aromatic nitrogens is 1. The average molecular weight is 542 g/mol. The van der Waals surface area contributed by atoms with Crippen molar-refractivity contribution in [3.05, 3.63) is 99.0 Å². The molecular formula is C28H29F2N3O6. The van der Waals surface area contributed by atoms with Crippen LogP contribution in [0.3, 0.4) is 0 Å². The number of pyridine rings is 1. The van der Waals surface area contributed by atoms with Gasteiger partial charge in [0, 0.05) is 30.4 Å². The van der Waals surface area contributed by atoms with E-state index in [9.17, 15) is 23.2 Å². The number of methoxy groups -OCH3 is 1. The number of nitrogens with zero attached hydrogens (tertiary/aromatic N) is 1. The molecule has 11 heteroatoms. The molecule has 0 radical (unpaired) electrons. The lowest BCUT2D eigenvalue weighted by Gasteiger charge is -2.30. The van der Waals surface area contributed by atoms with Gasteiger partial charge in [0.2, 0.25) is 5.43 Å². The van der Waals surface area contributed by atoms with Gasteiger partial charge in [-0.2, -0.15) is 0 Å². The first-order chi connectivity index (χ1) is 18.8. The second-order valence-electron chi connectivity index (χ2n) is 9.10. The Morgan fingerprint density at radius 2 is 1.95 bits per heavy atom. The van der Waals surface area contributed by atoms with Crippen LogP contribution in [0.4, 0.5) is 8.78 Å². The number of nitrogens with one attached hydrogen (secondary N) is 2. The lowest BCUT2D eigenvalue weighted by molar-refractivity contribution is -0.0250. The lowest BCUT2D eigenvalue weighted by atomic mass is 10.1. The van der Waals surface area contributed by atoms with Gasteiger partial charge in [0.25, 0.3) is 5.91 Å². The maximum atomic E-state index is 14.1. The van der Waals surface area contributed by atoms with E-state index < -0.39 is 35.2 Å². The number of rotatable bonds is 9. The van der Waals surface area contributed by atoms with Crippen molar-refractivity contribution in [1.82, 2.24) is 15.2 Å². The molecule has 0 unspecified atom stereocenters. The maximum Gasteiger partial charge on any atom is 0.358 e. The highest BCUT2D eigenvalue weighted by Crippen LogP contribution is 2.20.